The third-order valence-corrected chi connectivity index (χ3v) is 29.4. The number of benzene rings is 2. The van der Waals surface area contributed by atoms with Gasteiger partial charge >= 0.3 is 0 Å². The fourth-order valence-corrected chi connectivity index (χ4v) is 40.5. The van der Waals surface area contributed by atoms with E-state index in [0.29, 0.717) is 0 Å². The Kier molecular flexibility index (Phi) is 3.76. The van der Waals surface area contributed by atoms with Gasteiger partial charge in [-0.15, -0.1) is 0 Å². The second-order valence-corrected chi connectivity index (χ2v) is 28.5. The van der Waals surface area contributed by atoms with Gasteiger partial charge in [0.15, 0.2) is 0 Å². The van der Waals surface area contributed by atoms with Crippen LogP contribution in [0.25, 0.3) is 0 Å². The summed E-state index contributed by atoms with van der Waals surface area (Å²) < 4.78 is 0. The number of fused-ring (bicyclic) bond motifs is 2. The maximum atomic E-state index is 2.65. The van der Waals surface area contributed by atoms with Crippen LogP contribution < -0.4 is 20.7 Å². The summed E-state index contributed by atoms with van der Waals surface area (Å²) in [6.07, 6.45) is 0. The lowest BCUT2D eigenvalue weighted by atomic mass is 10.4. The lowest BCUT2D eigenvalue weighted by Gasteiger charge is -2.38. The molecule has 0 nitrogen and oxygen atoms in total. The average molecular weight is 409 g/mol. The first-order valence-corrected chi connectivity index (χ1v) is 21.9. The first-order chi connectivity index (χ1) is 11.9. The van der Waals surface area contributed by atoms with E-state index in [2.05, 4.69) is 101 Å². The minimum absolute atomic E-state index is 1.60. The third kappa shape index (κ3) is 2.10. The van der Waals surface area contributed by atoms with Crippen LogP contribution in [-0.2, 0) is 0 Å². The van der Waals surface area contributed by atoms with Crippen molar-refractivity contribution in [1.82, 2.24) is 0 Å². The van der Waals surface area contributed by atoms with Gasteiger partial charge in [0.05, 0.1) is 0 Å². The molecule has 0 radical (unpaired) electrons. The molecule has 0 N–H and O–H groups in total. The lowest BCUT2D eigenvalue weighted by molar-refractivity contribution is 1.67. The summed E-state index contributed by atoms with van der Waals surface area (Å²) in [5.74, 6) is 0. The molecule has 136 valence electrons. The molecule has 0 amide bonds. The van der Waals surface area contributed by atoms with E-state index in [1.165, 1.54) is 0 Å². The molecule has 4 heteroatoms. The minimum Gasteiger partial charge on any atom is -0.0893 e. The highest BCUT2D eigenvalue weighted by molar-refractivity contribution is 7.30. The molecule has 0 aliphatic carbocycles. The zero-order valence-electron chi connectivity index (χ0n) is 17.6. The Morgan fingerprint density at radius 1 is 0.385 bits per heavy atom. The Morgan fingerprint density at radius 3 is 0.769 bits per heavy atom. The Hall–Kier alpha value is -0.952. The van der Waals surface area contributed by atoms with E-state index in [1.54, 1.807) is 20.7 Å². The van der Waals surface area contributed by atoms with E-state index in [4.69, 9.17) is 0 Å². The predicted molar refractivity (Wildman–Crippen MR) is 128 cm³/mol. The molecular formula is C22H32Si4. The van der Waals surface area contributed by atoms with Crippen molar-refractivity contribution in [1.29, 1.82) is 0 Å². The van der Waals surface area contributed by atoms with Crippen molar-refractivity contribution in [3.63, 3.8) is 0 Å². The van der Waals surface area contributed by atoms with E-state index in [1.807, 2.05) is 9.64 Å². The van der Waals surface area contributed by atoms with E-state index in [0.717, 1.165) is 0 Å². The molecule has 0 bridgehead atoms. The van der Waals surface area contributed by atoms with Crippen LogP contribution in [0.1, 0.15) is 0 Å². The molecule has 26 heavy (non-hydrogen) atoms. The van der Waals surface area contributed by atoms with E-state index < -0.39 is 32.3 Å². The zero-order valence-corrected chi connectivity index (χ0v) is 21.6. The maximum Gasteiger partial charge on any atom is 0.103 e. The average Bonchev–Trinajstić information content (AvgIpc) is 2.82. The topological polar surface area (TPSA) is 0 Å². The molecule has 0 aromatic heterocycles. The smallest absolute Gasteiger partial charge is 0.0893 e. The van der Waals surface area contributed by atoms with Crippen LogP contribution >= 0.6 is 0 Å². The second-order valence-electron chi connectivity index (χ2n) is 10.3. The maximum absolute atomic E-state index is 2.65. The van der Waals surface area contributed by atoms with Crippen molar-refractivity contribution >= 4 is 53.0 Å². The molecule has 2 aromatic rings. The third-order valence-electron chi connectivity index (χ3n) is 7.30. The van der Waals surface area contributed by atoms with Crippen LogP contribution in [0, 0.1) is 0 Å². The summed E-state index contributed by atoms with van der Waals surface area (Å²) in [7, 11) is -6.39. The van der Waals surface area contributed by atoms with Gasteiger partial charge < -0.3 is 0 Å². The van der Waals surface area contributed by atoms with Gasteiger partial charge in [0.2, 0.25) is 0 Å². The van der Waals surface area contributed by atoms with Crippen molar-refractivity contribution in [3.05, 3.63) is 58.2 Å². The van der Waals surface area contributed by atoms with Gasteiger partial charge in [-0.05, 0) is 0 Å². The number of hydrogen-bond acceptors (Lipinski definition) is 0. The van der Waals surface area contributed by atoms with Crippen molar-refractivity contribution in [2.45, 2.75) is 52.4 Å². The predicted octanol–water partition coefficient (Wildman–Crippen LogP) is 3.53. The highest BCUT2D eigenvalue weighted by atomic mass is 28.4. The van der Waals surface area contributed by atoms with Crippen molar-refractivity contribution < 1.29 is 0 Å². The molecule has 2 aromatic carbocycles. The Morgan fingerprint density at radius 2 is 0.577 bits per heavy atom. The molecule has 0 saturated heterocycles. The summed E-state index contributed by atoms with van der Waals surface area (Å²) in [4.78, 5) is 4.05. The van der Waals surface area contributed by atoms with Crippen LogP contribution in [0.4, 0.5) is 0 Å². The second kappa shape index (κ2) is 5.31. The Labute approximate surface area is 163 Å². The molecular weight excluding hydrogens is 377 g/mol. The number of hydrogen-bond donors (Lipinski definition) is 0. The molecule has 0 spiro atoms. The lowest BCUT2D eigenvalue weighted by Crippen LogP contribution is -2.52. The molecule has 0 fully saturated rings. The molecule has 0 unspecified atom stereocenters. The summed E-state index contributed by atoms with van der Waals surface area (Å²) in [5, 5.41) is 6.96. The van der Waals surface area contributed by atoms with E-state index >= 15 is 0 Å². The normalized spacial score (nSPS) is 23.7. The van der Waals surface area contributed by atoms with Crippen LogP contribution in [-0.4, -0.2) is 32.3 Å². The molecule has 0 saturated carbocycles. The van der Waals surface area contributed by atoms with Crippen LogP contribution in [0.3, 0.4) is 0 Å². The fraction of sp³-hybridized carbons (Fsp3) is 0.364. The fourth-order valence-electron chi connectivity index (χ4n) is 6.50. The van der Waals surface area contributed by atoms with Gasteiger partial charge in [-0.25, -0.2) is 0 Å². The molecule has 2 heterocycles. The van der Waals surface area contributed by atoms with Gasteiger partial charge in [0.25, 0.3) is 0 Å². The van der Waals surface area contributed by atoms with Gasteiger partial charge in [-0.1, -0.05) is 131 Å². The minimum atomic E-state index is -1.60. The Bertz CT molecular complexity index is 797. The molecule has 0 atom stereocenters. The van der Waals surface area contributed by atoms with Gasteiger partial charge in [-0.3, -0.25) is 0 Å². The van der Waals surface area contributed by atoms with Crippen molar-refractivity contribution in [3.8, 4) is 0 Å². The SMILES string of the molecule is C[Si]1(C)C(=C2[Si](C)(C)c3ccccc3[Si]2(C)C)[Si](C)(C)c2ccccc21. The van der Waals surface area contributed by atoms with Gasteiger partial charge in [0, 0.05) is 0 Å². The quantitative estimate of drug-likeness (QED) is 0.585. The van der Waals surface area contributed by atoms with Crippen LogP contribution in [0.2, 0.25) is 52.4 Å². The van der Waals surface area contributed by atoms with Gasteiger partial charge in [-0.2, -0.15) is 0 Å². The molecule has 4 rings (SSSR count). The van der Waals surface area contributed by atoms with E-state index in [-0.39, 0.29) is 0 Å². The number of rotatable bonds is 0. The van der Waals surface area contributed by atoms with Crippen LogP contribution in [0.15, 0.2) is 58.2 Å². The summed E-state index contributed by atoms with van der Waals surface area (Å²) in [6, 6.07) is 19.0. The summed E-state index contributed by atoms with van der Waals surface area (Å²) in [6.45, 7) is 21.2. The monoisotopic (exact) mass is 408 g/mol. The zero-order chi connectivity index (χ0) is 19.1. The van der Waals surface area contributed by atoms with Crippen molar-refractivity contribution in [2.75, 3.05) is 0 Å². The summed E-state index contributed by atoms with van der Waals surface area (Å²) >= 11 is 0. The largest absolute Gasteiger partial charge is 0.103 e. The first kappa shape index (κ1) is 18.4. The molecule has 2 aliphatic heterocycles. The molecule has 2 aliphatic rings. The highest BCUT2D eigenvalue weighted by Crippen LogP contribution is 2.42. The first-order valence-electron chi connectivity index (χ1n) is 9.90. The highest BCUT2D eigenvalue weighted by Gasteiger charge is 2.58. The Balaban J connectivity index is 2.13. The summed E-state index contributed by atoms with van der Waals surface area (Å²) in [5.41, 5.74) is 0. The van der Waals surface area contributed by atoms with E-state index in [9.17, 15) is 0 Å². The standard InChI is InChI=1S/C22H32Si4/c1-23(2)17-13-9-10-14-18(17)24(3,4)21(23)22-25(5,6)19-15-11-12-16-20(19)26(22,7)8/h9-16H,1-8H3. The van der Waals surface area contributed by atoms with Crippen molar-refractivity contribution in [2.24, 2.45) is 0 Å². The van der Waals surface area contributed by atoms with Crippen LogP contribution in [0.5, 0.6) is 0 Å². The van der Waals surface area contributed by atoms with Gasteiger partial charge in [0.1, 0.15) is 32.3 Å².